The number of hydrogen-bond donors (Lipinski definition) is 4. The van der Waals surface area contributed by atoms with E-state index < -0.39 is 12.0 Å². The number of carbonyl (C=O) groups excluding carboxylic acids is 2. The number of carbonyl (C=O) groups is 3. The van der Waals surface area contributed by atoms with Gasteiger partial charge in [-0.15, -0.1) is 0 Å². The topological polar surface area (TPSA) is 142 Å². The van der Waals surface area contributed by atoms with Gasteiger partial charge < -0.3 is 26.7 Å². The van der Waals surface area contributed by atoms with Crippen LogP contribution in [0.2, 0.25) is 0 Å². The Morgan fingerprint density at radius 1 is 1.00 bits per heavy atom. The van der Waals surface area contributed by atoms with Crippen molar-refractivity contribution < 1.29 is 19.5 Å². The number of nitrogens with one attached hydrogen (secondary N) is 1. The highest BCUT2D eigenvalue weighted by Crippen LogP contribution is 2.25. The molecule has 0 heterocycles. The van der Waals surface area contributed by atoms with Gasteiger partial charge in [-0.2, -0.15) is 0 Å². The summed E-state index contributed by atoms with van der Waals surface area (Å²) >= 11 is 0. The molecule has 0 aliphatic heterocycles. The fraction of sp³-hybridized carbons (Fsp3) is 0.433. The van der Waals surface area contributed by atoms with Gasteiger partial charge in [0.05, 0.1) is 12.5 Å². The zero-order valence-electron chi connectivity index (χ0n) is 22.9. The Kier molecular flexibility index (Phi) is 14.1. The first-order valence-electron chi connectivity index (χ1n) is 13.5. The molecule has 0 aliphatic carbocycles. The van der Waals surface area contributed by atoms with E-state index >= 15 is 0 Å². The largest absolute Gasteiger partial charge is 0.480 e. The SMILES string of the molecule is C=C(c1ccccc1)c1cccc(C(C)C(=O)NCCCC(C(=O)O)N(CCN)CCN(CC=O)CCN)c1. The molecule has 2 unspecified atom stereocenters. The molecule has 0 spiro atoms. The summed E-state index contributed by atoms with van der Waals surface area (Å²) < 4.78 is 0. The molecule has 0 aromatic heterocycles. The van der Waals surface area contributed by atoms with Gasteiger partial charge in [0.1, 0.15) is 12.3 Å². The summed E-state index contributed by atoms with van der Waals surface area (Å²) in [4.78, 5) is 39.6. The van der Waals surface area contributed by atoms with Gasteiger partial charge in [0, 0.05) is 45.8 Å². The van der Waals surface area contributed by atoms with Crippen LogP contribution < -0.4 is 16.8 Å². The lowest BCUT2D eigenvalue weighted by Gasteiger charge is -2.31. The van der Waals surface area contributed by atoms with E-state index in [0.717, 1.165) is 28.5 Å². The van der Waals surface area contributed by atoms with Crippen LogP contribution >= 0.6 is 0 Å². The fourth-order valence-electron chi connectivity index (χ4n) is 4.52. The molecule has 212 valence electrons. The Bertz CT molecular complexity index is 1060. The van der Waals surface area contributed by atoms with Crippen LogP contribution in [-0.2, 0) is 14.4 Å². The van der Waals surface area contributed by atoms with Gasteiger partial charge in [-0.1, -0.05) is 61.2 Å². The van der Waals surface area contributed by atoms with E-state index in [1.54, 1.807) is 0 Å². The number of nitrogens with zero attached hydrogens (tertiary/aromatic N) is 2. The second-order valence-corrected chi connectivity index (χ2v) is 9.56. The number of benzene rings is 2. The van der Waals surface area contributed by atoms with Crippen molar-refractivity contribution in [2.75, 3.05) is 52.4 Å². The number of carboxylic acids is 1. The van der Waals surface area contributed by atoms with Crippen molar-refractivity contribution in [3.05, 3.63) is 77.9 Å². The summed E-state index contributed by atoms with van der Waals surface area (Å²) in [6.45, 7) is 9.37. The van der Waals surface area contributed by atoms with Gasteiger partial charge in [-0.05, 0) is 42.0 Å². The van der Waals surface area contributed by atoms with Crippen LogP contribution in [0.15, 0.2) is 61.2 Å². The minimum atomic E-state index is -0.931. The maximum atomic E-state index is 12.9. The van der Waals surface area contributed by atoms with E-state index in [9.17, 15) is 19.5 Å². The molecule has 0 aliphatic rings. The fourth-order valence-corrected chi connectivity index (χ4v) is 4.52. The Labute approximate surface area is 231 Å². The van der Waals surface area contributed by atoms with Crippen molar-refractivity contribution in [1.29, 1.82) is 0 Å². The Hall–Kier alpha value is -3.37. The Balaban J connectivity index is 1.92. The summed E-state index contributed by atoms with van der Waals surface area (Å²) in [5.74, 6) is -1.42. The van der Waals surface area contributed by atoms with Crippen LogP contribution in [0.3, 0.4) is 0 Å². The summed E-state index contributed by atoms with van der Waals surface area (Å²) in [5.41, 5.74) is 15.1. The first kappa shape index (κ1) is 31.8. The minimum absolute atomic E-state index is 0.116. The molecule has 0 saturated heterocycles. The van der Waals surface area contributed by atoms with Gasteiger partial charge in [0.25, 0.3) is 0 Å². The highest BCUT2D eigenvalue weighted by atomic mass is 16.4. The van der Waals surface area contributed by atoms with Crippen molar-refractivity contribution in [3.63, 3.8) is 0 Å². The molecule has 9 heteroatoms. The van der Waals surface area contributed by atoms with E-state index in [-0.39, 0.29) is 18.4 Å². The van der Waals surface area contributed by atoms with Gasteiger partial charge in [0.2, 0.25) is 5.91 Å². The maximum absolute atomic E-state index is 12.9. The second-order valence-electron chi connectivity index (χ2n) is 9.56. The molecule has 1 amide bonds. The lowest BCUT2D eigenvalue weighted by atomic mass is 9.93. The molecule has 2 rings (SSSR count). The monoisotopic (exact) mass is 537 g/mol. The molecular formula is C30H43N5O4. The molecule has 9 nitrogen and oxygen atoms in total. The third-order valence-corrected chi connectivity index (χ3v) is 6.83. The van der Waals surface area contributed by atoms with E-state index in [1.807, 2.05) is 71.3 Å². The molecule has 2 aromatic rings. The minimum Gasteiger partial charge on any atom is -0.480 e. The molecule has 0 saturated carbocycles. The van der Waals surface area contributed by atoms with Crippen LogP contribution in [0, 0.1) is 0 Å². The van der Waals surface area contributed by atoms with E-state index in [2.05, 4.69) is 11.9 Å². The van der Waals surface area contributed by atoms with Crippen LogP contribution in [0.1, 0.15) is 42.4 Å². The number of aliphatic carboxylic acids is 1. The second kappa shape index (κ2) is 17.3. The van der Waals surface area contributed by atoms with Crippen molar-refractivity contribution in [2.45, 2.75) is 31.7 Å². The first-order valence-corrected chi connectivity index (χ1v) is 13.5. The maximum Gasteiger partial charge on any atom is 0.320 e. The van der Waals surface area contributed by atoms with Crippen LogP contribution in [0.25, 0.3) is 5.57 Å². The molecule has 0 radical (unpaired) electrons. The number of aldehydes is 1. The normalized spacial score (nSPS) is 12.7. The number of amides is 1. The van der Waals surface area contributed by atoms with Gasteiger partial charge in [0.15, 0.2) is 0 Å². The number of rotatable bonds is 19. The van der Waals surface area contributed by atoms with Gasteiger partial charge in [-0.25, -0.2) is 0 Å². The molecule has 2 atom stereocenters. The van der Waals surface area contributed by atoms with Crippen LogP contribution in [-0.4, -0.2) is 91.5 Å². The Morgan fingerprint density at radius 2 is 1.69 bits per heavy atom. The molecule has 39 heavy (non-hydrogen) atoms. The lowest BCUT2D eigenvalue weighted by molar-refractivity contribution is -0.143. The predicted molar refractivity (Wildman–Crippen MR) is 155 cm³/mol. The Morgan fingerprint density at radius 3 is 2.33 bits per heavy atom. The predicted octanol–water partition coefficient (Wildman–Crippen LogP) is 1.92. The lowest BCUT2D eigenvalue weighted by Crippen LogP contribution is -2.48. The van der Waals surface area contributed by atoms with Gasteiger partial charge >= 0.3 is 5.97 Å². The highest BCUT2D eigenvalue weighted by Gasteiger charge is 2.25. The molecule has 6 N–H and O–H groups in total. The molecule has 0 bridgehead atoms. The number of carboxylic acid groups (broad SMARTS) is 1. The highest BCUT2D eigenvalue weighted by molar-refractivity contribution is 5.84. The zero-order valence-corrected chi connectivity index (χ0v) is 22.9. The molecule has 2 aromatic carbocycles. The van der Waals surface area contributed by atoms with E-state index in [0.29, 0.717) is 58.7 Å². The van der Waals surface area contributed by atoms with Gasteiger partial charge in [-0.3, -0.25) is 19.4 Å². The van der Waals surface area contributed by atoms with Crippen LogP contribution in [0.4, 0.5) is 0 Å². The third-order valence-electron chi connectivity index (χ3n) is 6.83. The smallest absolute Gasteiger partial charge is 0.320 e. The standard InChI is InChI=1S/C30H43N5O4/c1-23(25-8-4-3-5-9-25)26-10-6-11-27(22-26)24(2)29(37)33-15-7-12-28(30(38)39)35(17-14-32)19-18-34(16-13-31)20-21-36/h3-6,8-11,21-22,24,28H,1,7,12-20,31-32H2,2H3,(H,33,37)(H,38,39). The average Bonchev–Trinajstić information content (AvgIpc) is 2.95. The van der Waals surface area contributed by atoms with Crippen molar-refractivity contribution in [1.82, 2.24) is 15.1 Å². The van der Waals surface area contributed by atoms with Crippen molar-refractivity contribution in [2.24, 2.45) is 11.5 Å². The average molecular weight is 538 g/mol. The summed E-state index contributed by atoms with van der Waals surface area (Å²) in [6, 6.07) is 17.0. The van der Waals surface area contributed by atoms with Crippen molar-refractivity contribution >= 4 is 23.7 Å². The summed E-state index contributed by atoms with van der Waals surface area (Å²) in [6.07, 6.45) is 1.68. The van der Waals surface area contributed by atoms with Crippen LogP contribution in [0.5, 0.6) is 0 Å². The molecule has 0 fully saturated rings. The van der Waals surface area contributed by atoms with Crippen molar-refractivity contribution in [3.8, 4) is 0 Å². The third kappa shape index (κ3) is 10.4. The van der Waals surface area contributed by atoms with E-state index in [4.69, 9.17) is 11.5 Å². The zero-order chi connectivity index (χ0) is 28.6. The van der Waals surface area contributed by atoms with E-state index in [1.165, 1.54) is 0 Å². The first-order chi connectivity index (χ1) is 18.8. The summed E-state index contributed by atoms with van der Waals surface area (Å²) in [7, 11) is 0. The summed E-state index contributed by atoms with van der Waals surface area (Å²) in [5, 5.41) is 12.8. The number of nitrogens with two attached hydrogens (primary N) is 2. The molecular weight excluding hydrogens is 494 g/mol. The quantitative estimate of drug-likeness (QED) is 0.157. The number of hydrogen-bond acceptors (Lipinski definition) is 7.